The first-order chi connectivity index (χ1) is 25.7. The van der Waals surface area contributed by atoms with Gasteiger partial charge in [-0.1, -0.05) is 104 Å². The first-order valence-corrected chi connectivity index (χ1v) is 22.7. The van der Waals surface area contributed by atoms with Gasteiger partial charge in [0.15, 0.2) is 0 Å². The van der Waals surface area contributed by atoms with E-state index in [0.717, 1.165) is 61.1 Å². The van der Waals surface area contributed by atoms with Crippen molar-refractivity contribution >= 4 is 6.29 Å². The molecule has 0 saturated heterocycles. The Morgan fingerprint density at radius 2 is 1.17 bits per heavy atom. The molecule has 6 aliphatic carbocycles. The van der Waals surface area contributed by atoms with Gasteiger partial charge in [0.1, 0.15) is 6.29 Å². The summed E-state index contributed by atoms with van der Waals surface area (Å²) in [5.74, 6) is 7.24. The van der Waals surface area contributed by atoms with Gasteiger partial charge in [-0.2, -0.15) is 5.26 Å². The maximum Gasteiger partial charge on any atom is 0.120 e. The number of rotatable bonds is 9. The minimum atomic E-state index is 0.440. The summed E-state index contributed by atoms with van der Waals surface area (Å²) in [4.78, 5) is 10.8. The van der Waals surface area contributed by atoms with Crippen LogP contribution in [0.2, 0.25) is 0 Å². The van der Waals surface area contributed by atoms with Crippen molar-refractivity contribution in [1.82, 2.24) is 0 Å². The fraction of sp³-hybridized carbons (Fsp3) is 0.731. The van der Waals surface area contributed by atoms with Gasteiger partial charge in [-0.3, -0.25) is 0 Å². The molecule has 2 heteroatoms. The van der Waals surface area contributed by atoms with Crippen LogP contribution in [0.3, 0.4) is 0 Å². The van der Waals surface area contributed by atoms with Crippen LogP contribution in [0, 0.1) is 81.3 Å². The van der Waals surface area contributed by atoms with Gasteiger partial charge in [0, 0.05) is 12.8 Å². The smallest absolute Gasteiger partial charge is 0.120 e. The first-order valence-electron chi connectivity index (χ1n) is 22.7. The van der Waals surface area contributed by atoms with Gasteiger partial charge in [0.05, 0.1) is 6.07 Å². The maximum atomic E-state index is 10.8. The normalized spacial score (nSPS) is 40.9. The lowest BCUT2D eigenvalue weighted by atomic mass is 9.60. The highest BCUT2D eigenvalue weighted by atomic mass is 16.1. The summed E-state index contributed by atoms with van der Waals surface area (Å²) in [5.41, 5.74) is 10.0. The monoisotopic (exact) mass is 734 g/mol. The second-order valence-electron chi connectivity index (χ2n) is 20.4. The minimum absolute atomic E-state index is 0.440. The summed E-state index contributed by atoms with van der Waals surface area (Å²) in [7, 11) is 0. The topological polar surface area (TPSA) is 40.9 Å². The molecule has 0 aliphatic heterocycles. The van der Waals surface area contributed by atoms with Crippen molar-refractivity contribution in [1.29, 1.82) is 5.26 Å². The molecule has 2 nitrogen and oxygen atoms in total. The summed E-state index contributed by atoms with van der Waals surface area (Å²) in [6.07, 6.45) is 32.8. The lowest BCUT2D eigenvalue weighted by Crippen LogP contribution is -2.36. The molecule has 0 aromatic carbocycles. The Morgan fingerprint density at radius 1 is 0.722 bits per heavy atom. The number of nitriles is 1. The molecule has 12 atom stereocenters. The molecular formula is C52H79NO. The van der Waals surface area contributed by atoms with Crippen LogP contribution in [-0.4, -0.2) is 6.29 Å². The Bertz CT molecular complexity index is 1510. The number of allylic oxidation sites excluding steroid dienone is 10. The molecule has 6 fully saturated rings. The third-order valence-electron chi connectivity index (χ3n) is 16.6. The molecule has 0 N–H and O–H groups in total. The Balaban J connectivity index is 0.000000208. The number of aldehydes is 1. The number of carbonyl (C=O) groups excluding carboxylic acids is 1. The summed E-state index contributed by atoms with van der Waals surface area (Å²) in [6.45, 7) is 28.1. The molecule has 0 heterocycles. The predicted molar refractivity (Wildman–Crippen MR) is 231 cm³/mol. The van der Waals surface area contributed by atoms with Gasteiger partial charge >= 0.3 is 0 Å². The van der Waals surface area contributed by atoms with Gasteiger partial charge in [-0.15, -0.1) is 0 Å². The third-order valence-corrected chi connectivity index (χ3v) is 16.6. The van der Waals surface area contributed by atoms with Gasteiger partial charge < -0.3 is 4.79 Å². The number of carbonyl (C=O) groups is 1. The zero-order chi connectivity index (χ0) is 39.2. The molecule has 0 aromatic heterocycles. The first kappa shape index (κ1) is 42.7. The molecule has 0 aromatic rings. The largest absolute Gasteiger partial charge is 0.303 e. The second kappa shape index (κ2) is 18.7. The van der Waals surface area contributed by atoms with Gasteiger partial charge in [0.25, 0.3) is 0 Å². The Labute approximate surface area is 333 Å². The van der Waals surface area contributed by atoms with E-state index in [-0.39, 0.29) is 0 Å². The van der Waals surface area contributed by atoms with E-state index in [1.54, 1.807) is 11.1 Å². The summed E-state index contributed by atoms with van der Waals surface area (Å²) in [6, 6.07) is 2.36. The molecule has 0 spiro atoms. The van der Waals surface area contributed by atoms with E-state index in [4.69, 9.17) is 5.26 Å². The molecule has 298 valence electrons. The quantitative estimate of drug-likeness (QED) is 0.221. The van der Waals surface area contributed by atoms with E-state index >= 15 is 0 Å². The molecule has 6 saturated carbocycles. The van der Waals surface area contributed by atoms with E-state index < -0.39 is 0 Å². The van der Waals surface area contributed by atoms with Crippen molar-refractivity contribution < 1.29 is 4.79 Å². The molecule has 0 radical (unpaired) electrons. The average molecular weight is 734 g/mol. The number of hydrogen-bond donors (Lipinski definition) is 0. The van der Waals surface area contributed by atoms with Crippen molar-refractivity contribution in [2.24, 2.45) is 70.0 Å². The minimum Gasteiger partial charge on any atom is -0.303 e. The van der Waals surface area contributed by atoms with Gasteiger partial charge in [-0.25, -0.2) is 0 Å². The van der Waals surface area contributed by atoms with Crippen molar-refractivity contribution in [2.75, 3.05) is 0 Å². The Kier molecular flexibility index (Phi) is 14.8. The molecule has 0 bridgehead atoms. The molecule has 2 unspecified atom stereocenters. The lowest BCUT2D eigenvalue weighted by Gasteiger charge is -2.44. The highest BCUT2D eigenvalue weighted by molar-refractivity contribution is 5.49. The van der Waals surface area contributed by atoms with Crippen molar-refractivity contribution in [2.45, 2.75) is 171 Å². The van der Waals surface area contributed by atoms with E-state index in [9.17, 15) is 4.79 Å². The van der Waals surface area contributed by atoms with Crippen LogP contribution in [0.1, 0.15) is 171 Å². The van der Waals surface area contributed by atoms with Crippen molar-refractivity contribution in [3.05, 3.63) is 70.9 Å². The molecule has 0 amide bonds. The van der Waals surface area contributed by atoms with Crippen molar-refractivity contribution in [3.63, 3.8) is 0 Å². The average Bonchev–Trinajstić information content (AvgIpc) is 3.68. The number of nitrogens with zero attached hydrogens (tertiary/aromatic N) is 1. The second-order valence-corrected chi connectivity index (χ2v) is 20.4. The van der Waals surface area contributed by atoms with Crippen LogP contribution >= 0.6 is 0 Å². The number of hydrogen-bond acceptors (Lipinski definition) is 2. The summed E-state index contributed by atoms with van der Waals surface area (Å²) >= 11 is 0. The zero-order valence-corrected chi connectivity index (χ0v) is 36.2. The van der Waals surface area contributed by atoms with E-state index in [0.29, 0.717) is 40.9 Å². The molecule has 6 aliphatic rings. The lowest BCUT2D eigenvalue weighted by molar-refractivity contribution is -0.108. The predicted octanol–water partition coefficient (Wildman–Crippen LogP) is 14.9. The van der Waals surface area contributed by atoms with E-state index in [1.165, 1.54) is 112 Å². The van der Waals surface area contributed by atoms with Crippen LogP contribution < -0.4 is 0 Å². The maximum absolute atomic E-state index is 10.8. The van der Waals surface area contributed by atoms with E-state index in [1.807, 2.05) is 0 Å². The van der Waals surface area contributed by atoms with Crippen LogP contribution in [-0.2, 0) is 4.79 Å². The fourth-order valence-corrected chi connectivity index (χ4v) is 13.5. The van der Waals surface area contributed by atoms with Crippen LogP contribution in [0.5, 0.6) is 0 Å². The highest BCUT2D eigenvalue weighted by Gasteiger charge is 2.51. The Morgan fingerprint density at radius 3 is 1.59 bits per heavy atom. The third kappa shape index (κ3) is 9.41. The zero-order valence-electron chi connectivity index (χ0n) is 36.2. The van der Waals surface area contributed by atoms with Gasteiger partial charge in [0.2, 0.25) is 0 Å². The SMILES string of the molecule is C=C1/C(=C\C=C2/CCC[C@]3(C)C([C@H](C)CCC#N)CC[C@@H]23)C[C@@H](C)C[C@@H]1C.C=C1/C(=C\C=C2/CCC[C@]3(C)C([C@H](C)CCC=O)CC[C@@H]23)C[C@@H](C)C[C@@H]1C. The van der Waals surface area contributed by atoms with Crippen LogP contribution in [0.25, 0.3) is 0 Å². The standard InChI is InChI=1S/C26H39N.C26H40O/c2*1-18-16-20(3)21(4)23(17-18)11-10-22-9-6-14-26(5)24(12-13-25(22)26)19(2)8-7-15-27/h10-11,18-20,24-25H,4,6-9,12-14,16-17H2,1-3,5H3;10-11,15,18-20,24-25H,4,6-9,12-14,16-17H2,1-3,5H3/b2*22-10+,23-11-/t2*18-,19+,20-,24?,25-,26+/m00/s1. The fourth-order valence-electron chi connectivity index (χ4n) is 13.5. The van der Waals surface area contributed by atoms with Gasteiger partial charge in [-0.05, 0) is 195 Å². The van der Waals surface area contributed by atoms with Crippen LogP contribution in [0.15, 0.2) is 70.9 Å². The summed E-state index contributed by atoms with van der Waals surface area (Å²) in [5, 5.41) is 8.98. The number of fused-ring (bicyclic) bond motifs is 2. The van der Waals surface area contributed by atoms with Crippen molar-refractivity contribution in [3.8, 4) is 6.07 Å². The Hall–Kier alpha value is -2.40. The highest BCUT2D eigenvalue weighted by Crippen LogP contribution is 2.61. The van der Waals surface area contributed by atoms with Crippen LogP contribution in [0.4, 0.5) is 0 Å². The molecule has 6 rings (SSSR count). The van der Waals surface area contributed by atoms with E-state index in [2.05, 4.69) is 98.9 Å². The molecule has 54 heavy (non-hydrogen) atoms. The molecular weight excluding hydrogens is 655 g/mol. The summed E-state index contributed by atoms with van der Waals surface area (Å²) < 4.78 is 0.